The summed E-state index contributed by atoms with van der Waals surface area (Å²) in [5.41, 5.74) is 2.64. The van der Waals surface area contributed by atoms with Gasteiger partial charge in [-0.1, -0.05) is 20.8 Å². The molecule has 1 rings (SSSR count). The van der Waals surface area contributed by atoms with Gasteiger partial charge in [0, 0.05) is 22.2 Å². The summed E-state index contributed by atoms with van der Waals surface area (Å²) in [6, 6.07) is 2.21. The smallest absolute Gasteiger partial charge is 0.0487 e. The molecule has 1 heterocycles. The van der Waals surface area contributed by atoms with Gasteiger partial charge in [-0.15, -0.1) is 11.8 Å². The molecule has 0 spiro atoms. The number of pyridine rings is 1. The van der Waals surface area contributed by atoms with E-state index in [0.717, 1.165) is 0 Å². The van der Waals surface area contributed by atoms with E-state index in [1.165, 1.54) is 16.2 Å². The van der Waals surface area contributed by atoms with Crippen LogP contribution < -0.4 is 0 Å². The van der Waals surface area contributed by atoms with E-state index in [1.54, 1.807) is 11.8 Å². The van der Waals surface area contributed by atoms with Crippen molar-refractivity contribution in [1.82, 2.24) is 4.98 Å². The minimum absolute atomic E-state index is 0.154. The van der Waals surface area contributed by atoms with Gasteiger partial charge in [0.15, 0.2) is 0 Å². The Morgan fingerprint density at radius 1 is 1.31 bits per heavy atom. The van der Waals surface area contributed by atoms with Crippen LogP contribution in [0.25, 0.3) is 0 Å². The van der Waals surface area contributed by atoms with Crippen LogP contribution >= 0.6 is 11.8 Å². The molecule has 1 nitrogen and oxygen atoms in total. The molecule has 0 aromatic carbocycles. The summed E-state index contributed by atoms with van der Waals surface area (Å²) in [5.74, 6) is 0. The third-order valence-corrected chi connectivity index (χ3v) is 2.69. The Kier molecular flexibility index (Phi) is 3.01. The summed E-state index contributed by atoms with van der Waals surface area (Å²) < 4.78 is 0. The van der Waals surface area contributed by atoms with Crippen molar-refractivity contribution in [2.75, 3.05) is 6.26 Å². The third-order valence-electron chi connectivity index (χ3n) is 2.00. The van der Waals surface area contributed by atoms with E-state index in [9.17, 15) is 0 Å². The number of rotatable bonds is 1. The van der Waals surface area contributed by atoms with Gasteiger partial charge in [0.1, 0.15) is 0 Å². The highest BCUT2D eigenvalue weighted by Gasteiger charge is 2.17. The fraction of sp³-hybridized carbons (Fsp3) is 0.545. The van der Waals surface area contributed by atoms with Gasteiger partial charge in [0.2, 0.25) is 0 Å². The van der Waals surface area contributed by atoms with E-state index in [0.29, 0.717) is 0 Å². The van der Waals surface area contributed by atoms with E-state index < -0.39 is 0 Å². The second-order valence-corrected chi connectivity index (χ2v) is 5.17. The Labute approximate surface area is 85.0 Å². The van der Waals surface area contributed by atoms with Gasteiger partial charge in [0.25, 0.3) is 0 Å². The standard InChI is InChI=1S/C11H17NS/c1-8-6-9(13-5)7-12-10(8)11(2,3)4/h6-7H,1-5H3. The zero-order valence-electron chi connectivity index (χ0n) is 9.01. The van der Waals surface area contributed by atoms with Gasteiger partial charge in [-0.05, 0) is 24.8 Å². The zero-order chi connectivity index (χ0) is 10.1. The summed E-state index contributed by atoms with van der Waals surface area (Å²) in [6.45, 7) is 8.72. The Bertz CT molecular complexity index is 299. The lowest BCUT2D eigenvalue weighted by Crippen LogP contribution is -2.15. The fourth-order valence-corrected chi connectivity index (χ4v) is 1.90. The Morgan fingerprint density at radius 3 is 2.31 bits per heavy atom. The molecule has 0 saturated carbocycles. The SMILES string of the molecule is CSc1cnc(C(C)(C)C)c(C)c1. The van der Waals surface area contributed by atoms with Crippen LogP contribution in [0.5, 0.6) is 0 Å². The molecular formula is C11H17NS. The average Bonchev–Trinajstić information content (AvgIpc) is 2.01. The molecule has 0 aliphatic carbocycles. The van der Waals surface area contributed by atoms with Crippen LogP contribution in [0.2, 0.25) is 0 Å². The van der Waals surface area contributed by atoms with Crippen molar-refractivity contribution < 1.29 is 0 Å². The molecule has 0 amide bonds. The van der Waals surface area contributed by atoms with Crippen LogP contribution in [0.3, 0.4) is 0 Å². The second kappa shape index (κ2) is 3.70. The minimum atomic E-state index is 0.154. The number of thioether (sulfide) groups is 1. The quantitative estimate of drug-likeness (QED) is 0.637. The number of hydrogen-bond donors (Lipinski definition) is 0. The lowest BCUT2D eigenvalue weighted by molar-refractivity contribution is 0.563. The fourth-order valence-electron chi connectivity index (χ4n) is 1.45. The second-order valence-electron chi connectivity index (χ2n) is 4.29. The molecule has 0 fully saturated rings. The molecule has 0 aliphatic heterocycles. The summed E-state index contributed by atoms with van der Waals surface area (Å²) in [4.78, 5) is 5.74. The van der Waals surface area contributed by atoms with Gasteiger partial charge in [-0.3, -0.25) is 4.98 Å². The number of hydrogen-bond acceptors (Lipinski definition) is 2. The van der Waals surface area contributed by atoms with Crippen molar-refractivity contribution in [3.63, 3.8) is 0 Å². The van der Waals surface area contributed by atoms with Crippen molar-refractivity contribution in [2.24, 2.45) is 0 Å². The van der Waals surface area contributed by atoms with Gasteiger partial charge in [-0.2, -0.15) is 0 Å². The highest BCUT2D eigenvalue weighted by Crippen LogP contribution is 2.25. The van der Waals surface area contributed by atoms with Gasteiger partial charge < -0.3 is 0 Å². The predicted octanol–water partition coefficient (Wildman–Crippen LogP) is 3.41. The number of nitrogens with zero attached hydrogens (tertiary/aromatic N) is 1. The van der Waals surface area contributed by atoms with Gasteiger partial charge in [0.05, 0.1) is 0 Å². The largest absolute Gasteiger partial charge is 0.259 e. The maximum atomic E-state index is 4.50. The maximum Gasteiger partial charge on any atom is 0.0487 e. The monoisotopic (exact) mass is 195 g/mol. The molecule has 0 bridgehead atoms. The average molecular weight is 195 g/mol. The molecule has 0 unspecified atom stereocenters. The number of aromatic nitrogens is 1. The Hall–Kier alpha value is -0.500. The topological polar surface area (TPSA) is 12.9 Å². The first-order valence-electron chi connectivity index (χ1n) is 4.46. The minimum Gasteiger partial charge on any atom is -0.259 e. The Balaban J connectivity index is 3.13. The molecule has 2 heteroatoms. The van der Waals surface area contributed by atoms with Crippen molar-refractivity contribution >= 4 is 11.8 Å². The van der Waals surface area contributed by atoms with Crippen molar-refractivity contribution in [3.05, 3.63) is 23.5 Å². The zero-order valence-corrected chi connectivity index (χ0v) is 9.83. The summed E-state index contributed by atoms with van der Waals surface area (Å²) in [7, 11) is 0. The van der Waals surface area contributed by atoms with Crippen LogP contribution in [-0.4, -0.2) is 11.2 Å². The van der Waals surface area contributed by atoms with Crippen molar-refractivity contribution in [2.45, 2.75) is 38.0 Å². The summed E-state index contributed by atoms with van der Waals surface area (Å²) in [6.07, 6.45) is 4.03. The van der Waals surface area contributed by atoms with E-state index in [4.69, 9.17) is 0 Å². The first-order chi connectivity index (χ1) is 5.95. The van der Waals surface area contributed by atoms with E-state index >= 15 is 0 Å². The van der Waals surface area contributed by atoms with Crippen LogP contribution in [0, 0.1) is 6.92 Å². The summed E-state index contributed by atoms with van der Waals surface area (Å²) in [5, 5.41) is 0. The first-order valence-corrected chi connectivity index (χ1v) is 5.68. The maximum absolute atomic E-state index is 4.50. The van der Waals surface area contributed by atoms with Crippen LogP contribution in [-0.2, 0) is 5.41 Å². The molecule has 0 saturated heterocycles. The molecule has 72 valence electrons. The molecule has 1 aromatic rings. The van der Waals surface area contributed by atoms with Gasteiger partial charge in [-0.25, -0.2) is 0 Å². The molecule has 13 heavy (non-hydrogen) atoms. The molecule has 0 N–H and O–H groups in total. The lowest BCUT2D eigenvalue weighted by atomic mass is 9.89. The summed E-state index contributed by atoms with van der Waals surface area (Å²) >= 11 is 1.74. The Morgan fingerprint density at radius 2 is 1.92 bits per heavy atom. The van der Waals surface area contributed by atoms with E-state index in [2.05, 4.69) is 45.0 Å². The van der Waals surface area contributed by atoms with Crippen LogP contribution in [0.4, 0.5) is 0 Å². The van der Waals surface area contributed by atoms with Crippen molar-refractivity contribution in [3.8, 4) is 0 Å². The predicted molar refractivity (Wildman–Crippen MR) is 59.5 cm³/mol. The van der Waals surface area contributed by atoms with E-state index in [-0.39, 0.29) is 5.41 Å². The van der Waals surface area contributed by atoms with Crippen LogP contribution in [0.15, 0.2) is 17.2 Å². The highest BCUT2D eigenvalue weighted by atomic mass is 32.2. The molecule has 1 aromatic heterocycles. The number of aryl methyl sites for hydroxylation is 1. The van der Waals surface area contributed by atoms with E-state index in [1.807, 2.05) is 6.20 Å². The molecule has 0 atom stereocenters. The van der Waals surface area contributed by atoms with Crippen molar-refractivity contribution in [1.29, 1.82) is 0 Å². The normalized spacial score (nSPS) is 11.8. The molecular weight excluding hydrogens is 178 g/mol. The molecule has 0 aliphatic rings. The van der Waals surface area contributed by atoms with Crippen LogP contribution in [0.1, 0.15) is 32.0 Å². The first kappa shape index (κ1) is 10.6. The highest BCUT2D eigenvalue weighted by molar-refractivity contribution is 7.98. The molecule has 0 radical (unpaired) electrons. The van der Waals surface area contributed by atoms with Gasteiger partial charge >= 0.3 is 0 Å². The lowest BCUT2D eigenvalue weighted by Gasteiger charge is -2.20. The third kappa shape index (κ3) is 2.47.